The van der Waals surface area contributed by atoms with Gasteiger partial charge in [-0.1, -0.05) is 36.4 Å². The van der Waals surface area contributed by atoms with Crippen LogP contribution in [0, 0.1) is 10.1 Å². The summed E-state index contributed by atoms with van der Waals surface area (Å²) in [4.78, 5) is 22.0. The summed E-state index contributed by atoms with van der Waals surface area (Å²) in [6, 6.07) is 12.2. The molecule has 104 valence electrons. The molecule has 0 amide bonds. The predicted molar refractivity (Wildman–Crippen MR) is 74.9 cm³/mol. The highest BCUT2D eigenvalue weighted by Gasteiger charge is 2.24. The number of nitro groups is 1. The van der Waals surface area contributed by atoms with Crippen LogP contribution in [0.2, 0.25) is 0 Å². The van der Waals surface area contributed by atoms with Crippen molar-refractivity contribution in [1.82, 2.24) is 0 Å². The number of methoxy groups -OCH3 is 1. The molecule has 2 aromatic carbocycles. The first-order chi connectivity index (χ1) is 9.61. The lowest BCUT2D eigenvalue weighted by atomic mass is 9.99. The van der Waals surface area contributed by atoms with Gasteiger partial charge in [0.05, 0.1) is 13.5 Å². The smallest absolute Gasteiger partial charge is 0.305 e. The zero-order valence-corrected chi connectivity index (χ0v) is 11.1. The van der Waals surface area contributed by atoms with Gasteiger partial charge in [-0.3, -0.25) is 14.9 Å². The fourth-order valence-corrected chi connectivity index (χ4v) is 2.17. The molecule has 20 heavy (non-hydrogen) atoms. The molecule has 0 saturated carbocycles. The van der Waals surface area contributed by atoms with Crippen LogP contribution in [0.15, 0.2) is 42.5 Å². The number of esters is 1. The fraction of sp³-hybridized carbons (Fsp3) is 0.267. The molecule has 0 aliphatic carbocycles. The van der Waals surface area contributed by atoms with Crippen LogP contribution in [0.1, 0.15) is 24.4 Å². The molecule has 0 spiro atoms. The maximum Gasteiger partial charge on any atom is 0.305 e. The molecule has 0 heterocycles. The summed E-state index contributed by atoms with van der Waals surface area (Å²) in [5, 5.41) is 13.2. The van der Waals surface area contributed by atoms with E-state index in [1.807, 2.05) is 30.3 Å². The first-order valence-electron chi connectivity index (χ1n) is 6.31. The second kappa shape index (κ2) is 6.14. The minimum Gasteiger partial charge on any atom is -0.469 e. The number of benzene rings is 2. The molecule has 0 N–H and O–H groups in total. The average Bonchev–Trinajstić information content (AvgIpc) is 2.46. The molecule has 0 aliphatic heterocycles. The van der Waals surface area contributed by atoms with E-state index in [1.165, 1.54) is 7.11 Å². The highest BCUT2D eigenvalue weighted by Crippen LogP contribution is 2.25. The largest absolute Gasteiger partial charge is 0.469 e. The molecule has 0 bridgehead atoms. The second-order valence-electron chi connectivity index (χ2n) is 4.52. The van der Waals surface area contributed by atoms with E-state index in [0.717, 1.165) is 10.8 Å². The van der Waals surface area contributed by atoms with Gasteiger partial charge >= 0.3 is 5.97 Å². The van der Waals surface area contributed by atoms with Crippen molar-refractivity contribution >= 4 is 16.7 Å². The van der Waals surface area contributed by atoms with E-state index in [2.05, 4.69) is 4.74 Å². The topological polar surface area (TPSA) is 69.4 Å². The molecule has 5 heteroatoms. The van der Waals surface area contributed by atoms with Crippen LogP contribution >= 0.6 is 0 Å². The van der Waals surface area contributed by atoms with Gasteiger partial charge in [-0.25, -0.2) is 0 Å². The van der Waals surface area contributed by atoms with Crippen molar-refractivity contribution in [3.8, 4) is 0 Å². The van der Waals surface area contributed by atoms with Crippen molar-refractivity contribution in [2.45, 2.75) is 18.9 Å². The number of hydrogen-bond donors (Lipinski definition) is 0. The number of rotatable bonds is 5. The van der Waals surface area contributed by atoms with Crippen LogP contribution in [0.25, 0.3) is 10.8 Å². The van der Waals surface area contributed by atoms with E-state index in [0.29, 0.717) is 5.56 Å². The van der Waals surface area contributed by atoms with Gasteiger partial charge in [0.25, 0.3) is 0 Å². The summed E-state index contributed by atoms with van der Waals surface area (Å²) in [6.07, 6.45) is 0.174. The van der Waals surface area contributed by atoms with Gasteiger partial charge in [0, 0.05) is 16.9 Å². The van der Waals surface area contributed by atoms with Gasteiger partial charge in [-0.15, -0.1) is 0 Å². The Hall–Kier alpha value is -2.43. The third-order valence-electron chi connectivity index (χ3n) is 3.26. The second-order valence-corrected chi connectivity index (χ2v) is 4.52. The first kappa shape index (κ1) is 14.0. The Morgan fingerprint density at radius 3 is 2.60 bits per heavy atom. The summed E-state index contributed by atoms with van der Waals surface area (Å²) in [5.41, 5.74) is 0.609. The molecular formula is C15H15NO4. The minimum absolute atomic E-state index is 0.0367. The van der Waals surface area contributed by atoms with Crippen molar-refractivity contribution in [2.75, 3.05) is 7.11 Å². The normalized spacial score (nSPS) is 12.1. The van der Waals surface area contributed by atoms with Gasteiger partial charge < -0.3 is 4.74 Å². The summed E-state index contributed by atoms with van der Waals surface area (Å²) in [6.45, 7) is 0. The number of fused-ring (bicyclic) bond motifs is 1. The minimum atomic E-state index is -0.890. The van der Waals surface area contributed by atoms with Crippen LogP contribution in [0.4, 0.5) is 0 Å². The average molecular weight is 273 g/mol. The molecule has 0 radical (unpaired) electrons. The molecule has 0 saturated heterocycles. The molecule has 2 aromatic rings. The monoisotopic (exact) mass is 273 g/mol. The van der Waals surface area contributed by atoms with E-state index in [1.54, 1.807) is 12.1 Å². The molecule has 5 nitrogen and oxygen atoms in total. The Balaban J connectivity index is 2.26. The lowest BCUT2D eigenvalue weighted by Crippen LogP contribution is -2.13. The predicted octanol–water partition coefficient (Wildman–Crippen LogP) is 3.11. The maximum atomic E-state index is 11.2. The van der Waals surface area contributed by atoms with E-state index >= 15 is 0 Å². The molecule has 2 rings (SSSR count). The number of hydrogen-bond acceptors (Lipinski definition) is 4. The first-order valence-corrected chi connectivity index (χ1v) is 6.31. The van der Waals surface area contributed by atoms with Crippen LogP contribution in [-0.4, -0.2) is 18.0 Å². The quantitative estimate of drug-likeness (QED) is 0.477. The summed E-state index contributed by atoms with van der Waals surface area (Å²) in [5.74, 6) is -0.433. The van der Waals surface area contributed by atoms with Gasteiger partial charge in [0.1, 0.15) is 0 Å². The standard InChI is InChI=1S/C15H15NO4/c1-20-15(17)9-8-14(16(18)19)13-7-6-11-4-2-3-5-12(11)10-13/h2-7,10,14H,8-9H2,1H3. The SMILES string of the molecule is COC(=O)CCC(c1ccc2ccccc2c1)[N+](=O)[O-]. The van der Waals surface area contributed by atoms with Crippen LogP contribution in [0.3, 0.4) is 0 Å². The number of carbonyl (C=O) groups is 1. The van der Waals surface area contributed by atoms with Crippen molar-refractivity contribution < 1.29 is 14.5 Å². The fourth-order valence-electron chi connectivity index (χ4n) is 2.17. The Morgan fingerprint density at radius 2 is 1.95 bits per heavy atom. The lowest BCUT2D eigenvalue weighted by Gasteiger charge is -2.10. The van der Waals surface area contributed by atoms with Crippen LogP contribution in [-0.2, 0) is 9.53 Å². The van der Waals surface area contributed by atoms with Crippen molar-refractivity contribution in [3.05, 3.63) is 58.1 Å². The number of carbonyl (C=O) groups excluding carboxylic acids is 1. The maximum absolute atomic E-state index is 11.2. The van der Waals surface area contributed by atoms with Gasteiger partial charge in [-0.2, -0.15) is 0 Å². The number of ether oxygens (including phenoxy) is 1. The highest BCUT2D eigenvalue weighted by atomic mass is 16.6. The molecule has 1 unspecified atom stereocenters. The van der Waals surface area contributed by atoms with E-state index in [4.69, 9.17) is 0 Å². The highest BCUT2D eigenvalue weighted by molar-refractivity contribution is 5.83. The van der Waals surface area contributed by atoms with Gasteiger partial charge in [0.2, 0.25) is 6.04 Å². The van der Waals surface area contributed by atoms with Crippen LogP contribution in [0.5, 0.6) is 0 Å². The van der Waals surface area contributed by atoms with Gasteiger partial charge in [-0.05, 0) is 16.8 Å². The third-order valence-corrected chi connectivity index (χ3v) is 3.26. The van der Waals surface area contributed by atoms with Crippen LogP contribution < -0.4 is 0 Å². The van der Waals surface area contributed by atoms with E-state index in [-0.39, 0.29) is 17.8 Å². The summed E-state index contributed by atoms with van der Waals surface area (Å²) in [7, 11) is 1.28. The lowest BCUT2D eigenvalue weighted by molar-refractivity contribution is -0.529. The van der Waals surface area contributed by atoms with Gasteiger partial charge in [0.15, 0.2) is 0 Å². The molecule has 0 fully saturated rings. The van der Waals surface area contributed by atoms with Crippen molar-refractivity contribution in [3.63, 3.8) is 0 Å². The van der Waals surface area contributed by atoms with Crippen molar-refractivity contribution in [1.29, 1.82) is 0 Å². The van der Waals surface area contributed by atoms with E-state index < -0.39 is 12.0 Å². The molecule has 0 aliphatic rings. The zero-order valence-electron chi connectivity index (χ0n) is 11.1. The van der Waals surface area contributed by atoms with E-state index in [9.17, 15) is 14.9 Å². The zero-order chi connectivity index (χ0) is 14.5. The summed E-state index contributed by atoms with van der Waals surface area (Å²) < 4.78 is 4.52. The summed E-state index contributed by atoms with van der Waals surface area (Å²) >= 11 is 0. The number of nitrogens with zero attached hydrogens (tertiary/aromatic N) is 1. The van der Waals surface area contributed by atoms with Crippen molar-refractivity contribution in [2.24, 2.45) is 0 Å². The molecule has 1 atom stereocenters. The Bertz CT molecular complexity index is 639. The molecular weight excluding hydrogens is 258 g/mol. The third kappa shape index (κ3) is 3.12. The Morgan fingerprint density at radius 1 is 1.25 bits per heavy atom. The molecule has 0 aromatic heterocycles. The Kier molecular flexibility index (Phi) is 4.30. The Labute approximate surface area is 116 Å².